The molecule has 1 heterocycles. The fourth-order valence-electron chi connectivity index (χ4n) is 0.706. The Morgan fingerprint density at radius 2 is 2.58 bits per heavy atom. The standard InChI is InChI=1S/C7H9N3OS/c8-11-5-10-7(12)6-2-1-3-9-4-6/h1-4H,5,8H2,(H,10,12). The van der Waals surface area contributed by atoms with Gasteiger partial charge >= 0.3 is 0 Å². The molecule has 1 aromatic rings. The van der Waals surface area contributed by atoms with Crippen molar-refractivity contribution in [3.63, 3.8) is 0 Å². The Hall–Kier alpha value is -1.04. The molecule has 4 nitrogen and oxygen atoms in total. The summed E-state index contributed by atoms with van der Waals surface area (Å²) in [5.41, 5.74) is 0.851. The number of hydrogen-bond acceptors (Lipinski definition) is 4. The maximum absolute atomic E-state index is 5.00. The van der Waals surface area contributed by atoms with Crippen LogP contribution in [0.1, 0.15) is 5.56 Å². The smallest absolute Gasteiger partial charge is 0.138 e. The van der Waals surface area contributed by atoms with E-state index in [1.165, 1.54) is 0 Å². The minimum atomic E-state index is 0.202. The lowest BCUT2D eigenvalue weighted by Crippen LogP contribution is -2.26. The first-order valence-electron chi connectivity index (χ1n) is 3.34. The van der Waals surface area contributed by atoms with Gasteiger partial charge in [-0.15, -0.1) is 0 Å². The first-order chi connectivity index (χ1) is 5.84. The summed E-state index contributed by atoms with van der Waals surface area (Å²) in [5.74, 6) is 4.82. The van der Waals surface area contributed by atoms with Gasteiger partial charge in [0.15, 0.2) is 0 Å². The second kappa shape index (κ2) is 4.76. The second-order valence-corrected chi connectivity index (χ2v) is 2.47. The Bertz CT molecular complexity index is 252. The first-order valence-corrected chi connectivity index (χ1v) is 3.75. The molecular weight excluding hydrogens is 174 g/mol. The Kier molecular flexibility index (Phi) is 3.59. The Balaban J connectivity index is 2.54. The summed E-state index contributed by atoms with van der Waals surface area (Å²) in [6.07, 6.45) is 3.36. The highest BCUT2D eigenvalue weighted by Crippen LogP contribution is 1.95. The molecule has 0 aliphatic heterocycles. The van der Waals surface area contributed by atoms with E-state index in [2.05, 4.69) is 15.1 Å². The maximum Gasteiger partial charge on any atom is 0.138 e. The van der Waals surface area contributed by atoms with Gasteiger partial charge < -0.3 is 5.32 Å². The molecule has 0 aromatic carbocycles. The highest BCUT2D eigenvalue weighted by Gasteiger charge is 1.97. The molecule has 0 spiro atoms. The molecule has 0 unspecified atom stereocenters. The summed E-state index contributed by atoms with van der Waals surface area (Å²) < 4.78 is 0. The summed E-state index contributed by atoms with van der Waals surface area (Å²) in [6, 6.07) is 3.67. The normalized spacial score (nSPS) is 9.42. The van der Waals surface area contributed by atoms with E-state index >= 15 is 0 Å². The lowest BCUT2D eigenvalue weighted by Gasteiger charge is -2.04. The fourth-order valence-corrected chi connectivity index (χ4v) is 0.886. The fraction of sp³-hybridized carbons (Fsp3) is 0.143. The third kappa shape index (κ3) is 2.54. The monoisotopic (exact) mass is 183 g/mol. The van der Waals surface area contributed by atoms with Crippen molar-refractivity contribution >= 4 is 17.2 Å². The molecule has 0 aliphatic carbocycles. The SMILES string of the molecule is NOCNC(=S)c1cccnc1. The first kappa shape index (κ1) is 9.05. The van der Waals surface area contributed by atoms with Gasteiger partial charge in [0.2, 0.25) is 0 Å². The van der Waals surface area contributed by atoms with Crippen LogP contribution in [0, 0.1) is 0 Å². The van der Waals surface area contributed by atoms with Crippen molar-refractivity contribution < 1.29 is 4.84 Å². The van der Waals surface area contributed by atoms with Gasteiger partial charge in [0, 0.05) is 18.0 Å². The predicted octanol–water partition coefficient (Wildman–Crippen LogP) is 0.195. The van der Waals surface area contributed by atoms with Gasteiger partial charge in [0.25, 0.3) is 0 Å². The molecule has 64 valence electrons. The summed E-state index contributed by atoms with van der Waals surface area (Å²) in [7, 11) is 0. The molecule has 0 saturated heterocycles. The largest absolute Gasteiger partial charge is 0.352 e. The molecule has 0 fully saturated rings. The summed E-state index contributed by atoms with van der Waals surface area (Å²) >= 11 is 5.00. The zero-order chi connectivity index (χ0) is 8.81. The minimum Gasteiger partial charge on any atom is -0.352 e. The molecule has 0 saturated carbocycles. The molecule has 12 heavy (non-hydrogen) atoms. The molecule has 0 aliphatic rings. The van der Waals surface area contributed by atoms with E-state index in [1.54, 1.807) is 12.4 Å². The van der Waals surface area contributed by atoms with Gasteiger partial charge in [-0.3, -0.25) is 9.82 Å². The highest BCUT2D eigenvalue weighted by atomic mass is 32.1. The van der Waals surface area contributed by atoms with E-state index < -0.39 is 0 Å². The number of thiocarbonyl (C=S) groups is 1. The molecule has 0 bridgehead atoms. The van der Waals surface area contributed by atoms with Gasteiger partial charge in [0.05, 0.1) is 0 Å². The second-order valence-electron chi connectivity index (χ2n) is 2.06. The third-order valence-electron chi connectivity index (χ3n) is 1.24. The van der Waals surface area contributed by atoms with Crippen LogP contribution in [0.5, 0.6) is 0 Å². The minimum absolute atomic E-state index is 0.202. The average molecular weight is 183 g/mol. The van der Waals surface area contributed by atoms with Crippen molar-refractivity contribution in [2.75, 3.05) is 6.73 Å². The quantitative estimate of drug-likeness (QED) is 0.398. The molecule has 0 amide bonds. The van der Waals surface area contributed by atoms with Crippen molar-refractivity contribution in [1.29, 1.82) is 0 Å². The number of pyridine rings is 1. The topological polar surface area (TPSA) is 60.2 Å². The molecular formula is C7H9N3OS. The molecule has 3 N–H and O–H groups in total. The Morgan fingerprint density at radius 1 is 1.75 bits per heavy atom. The van der Waals surface area contributed by atoms with Crippen LogP contribution in [0.4, 0.5) is 0 Å². The summed E-state index contributed by atoms with van der Waals surface area (Å²) in [4.78, 5) is 8.81. The van der Waals surface area contributed by atoms with Crippen molar-refractivity contribution in [2.45, 2.75) is 0 Å². The maximum atomic E-state index is 5.00. The highest BCUT2D eigenvalue weighted by molar-refractivity contribution is 7.80. The molecule has 0 atom stereocenters. The molecule has 1 aromatic heterocycles. The van der Waals surface area contributed by atoms with Gasteiger partial charge in [-0.05, 0) is 12.1 Å². The van der Waals surface area contributed by atoms with E-state index in [1.807, 2.05) is 12.1 Å². The van der Waals surface area contributed by atoms with Crippen LogP contribution in [-0.4, -0.2) is 16.7 Å². The van der Waals surface area contributed by atoms with Crippen molar-refractivity contribution in [1.82, 2.24) is 10.3 Å². The number of hydrogen-bond donors (Lipinski definition) is 2. The Morgan fingerprint density at radius 3 is 3.17 bits per heavy atom. The zero-order valence-electron chi connectivity index (χ0n) is 6.36. The van der Waals surface area contributed by atoms with Crippen molar-refractivity contribution in [2.24, 2.45) is 5.90 Å². The van der Waals surface area contributed by atoms with Crippen LogP contribution in [0.15, 0.2) is 24.5 Å². The zero-order valence-corrected chi connectivity index (χ0v) is 7.17. The summed E-state index contributed by atoms with van der Waals surface area (Å²) in [6.45, 7) is 0.202. The van der Waals surface area contributed by atoms with Gasteiger partial charge in [-0.1, -0.05) is 12.2 Å². The van der Waals surface area contributed by atoms with Gasteiger partial charge in [-0.25, -0.2) is 5.90 Å². The Labute approximate surface area is 75.7 Å². The summed E-state index contributed by atoms with van der Waals surface area (Å²) in [5, 5.41) is 2.79. The van der Waals surface area contributed by atoms with Crippen LogP contribution >= 0.6 is 12.2 Å². The van der Waals surface area contributed by atoms with Crippen LogP contribution in [0.3, 0.4) is 0 Å². The molecule has 5 heteroatoms. The lowest BCUT2D eigenvalue weighted by molar-refractivity contribution is 0.133. The average Bonchev–Trinajstić information content (AvgIpc) is 2.15. The number of aromatic nitrogens is 1. The van der Waals surface area contributed by atoms with Crippen LogP contribution in [0.2, 0.25) is 0 Å². The van der Waals surface area contributed by atoms with Crippen molar-refractivity contribution in [3.05, 3.63) is 30.1 Å². The number of rotatable bonds is 3. The van der Waals surface area contributed by atoms with E-state index in [0.29, 0.717) is 4.99 Å². The predicted molar refractivity (Wildman–Crippen MR) is 49.2 cm³/mol. The third-order valence-corrected chi connectivity index (χ3v) is 1.62. The van der Waals surface area contributed by atoms with Crippen LogP contribution < -0.4 is 11.2 Å². The van der Waals surface area contributed by atoms with Gasteiger partial charge in [-0.2, -0.15) is 0 Å². The number of nitrogens with zero attached hydrogens (tertiary/aromatic N) is 1. The number of nitrogens with two attached hydrogens (primary N) is 1. The lowest BCUT2D eigenvalue weighted by atomic mass is 10.3. The van der Waals surface area contributed by atoms with E-state index in [9.17, 15) is 0 Å². The van der Waals surface area contributed by atoms with Crippen LogP contribution in [-0.2, 0) is 4.84 Å². The number of nitrogens with one attached hydrogen (secondary N) is 1. The van der Waals surface area contributed by atoms with E-state index in [-0.39, 0.29) is 6.73 Å². The molecule has 1 rings (SSSR count). The van der Waals surface area contributed by atoms with Gasteiger partial charge in [0.1, 0.15) is 11.7 Å². The van der Waals surface area contributed by atoms with E-state index in [4.69, 9.17) is 18.1 Å². The van der Waals surface area contributed by atoms with Crippen molar-refractivity contribution in [3.8, 4) is 0 Å². The molecule has 0 radical (unpaired) electrons. The van der Waals surface area contributed by atoms with Crippen LogP contribution in [0.25, 0.3) is 0 Å². The van der Waals surface area contributed by atoms with E-state index in [0.717, 1.165) is 5.56 Å².